The predicted molar refractivity (Wildman–Crippen MR) is 141 cm³/mol. The lowest BCUT2D eigenvalue weighted by Crippen LogP contribution is -2.38. The average molecular weight is 488 g/mol. The second-order valence-corrected chi connectivity index (χ2v) is 9.52. The fourth-order valence-electron chi connectivity index (χ4n) is 4.24. The van der Waals surface area contributed by atoms with E-state index >= 15 is 0 Å². The summed E-state index contributed by atoms with van der Waals surface area (Å²) in [5.41, 5.74) is 3.90. The number of nitrogens with zero attached hydrogens (tertiary/aromatic N) is 3. The quantitative estimate of drug-likeness (QED) is 0.307. The topological polar surface area (TPSA) is 54.9 Å². The van der Waals surface area contributed by atoms with Gasteiger partial charge in [0.05, 0.1) is 10.2 Å². The van der Waals surface area contributed by atoms with Gasteiger partial charge in [-0.1, -0.05) is 67.6 Å². The smallest absolute Gasteiger partial charge is 0.260 e. The predicted octanol–water partition coefficient (Wildman–Crippen LogP) is 5.60. The third-order valence-corrected chi connectivity index (χ3v) is 7.37. The Morgan fingerprint density at radius 2 is 1.60 bits per heavy atom. The molecule has 2 heterocycles. The van der Waals surface area contributed by atoms with E-state index in [1.54, 1.807) is 0 Å². The molecule has 5 rings (SSSR count). The number of anilines is 1. The number of ether oxygens (including phenoxy) is 2. The third kappa shape index (κ3) is 5.16. The van der Waals surface area contributed by atoms with Crippen LogP contribution in [0.4, 0.5) is 5.13 Å². The first-order chi connectivity index (χ1) is 17.1. The highest BCUT2D eigenvalue weighted by molar-refractivity contribution is 7.22. The molecular formula is C28H29N3O3S. The fraction of sp³-hybridized carbons (Fsp3) is 0.286. The highest BCUT2D eigenvalue weighted by Crippen LogP contribution is 2.40. The minimum atomic E-state index is -0.0393. The molecule has 3 aromatic carbocycles. The maximum atomic E-state index is 13.7. The first kappa shape index (κ1) is 23.3. The number of carbonyl (C=O) groups is 1. The largest absolute Gasteiger partial charge is 0.454 e. The van der Waals surface area contributed by atoms with Crippen LogP contribution in [0, 0.1) is 0 Å². The molecular weight excluding hydrogens is 458 g/mol. The van der Waals surface area contributed by atoms with Crippen LogP contribution in [-0.2, 0) is 6.42 Å². The van der Waals surface area contributed by atoms with Crippen LogP contribution >= 0.6 is 11.3 Å². The van der Waals surface area contributed by atoms with Crippen molar-refractivity contribution in [3.63, 3.8) is 0 Å². The van der Waals surface area contributed by atoms with E-state index in [0.29, 0.717) is 23.0 Å². The van der Waals surface area contributed by atoms with Crippen molar-refractivity contribution in [2.75, 3.05) is 37.9 Å². The maximum Gasteiger partial charge on any atom is 0.260 e. The summed E-state index contributed by atoms with van der Waals surface area (Å²) < 4.78 is 12.0. The second kappa shape index (κ2) is 10.5. The molecule has 1 amide bonds. The SMILES string of the molecule is CCN(CC)CCN(C(=O)c1ccc(Cc2ccccc2)cc1)c1nc2cc3c(cc2s1)OCO3. The van der Waals surface area contributed by atoms with Crippen molar-refractivity contribution in [3.8, 4) is 11.5 Å². The van der Waals surface area contributed by atoms with Crippen molar-refractivity contribution in [2.24, 2.45) is 0 Å². The monoisotopic (exact) mass is 487 g/mol. The van der Waals surface area contributed by atoms with Crippen LogP contribution in [0.2, 0.25) is 0 Å². The van der Waals surface area contributed by atoms with E-state index in [1.165, 1.54) is 22.5 Å². The molecule has 4 aromatic rings. The minimum Gasteiger partial charge on any atom is -0.454 e. The van der Waals surface area contributed by atoms with E-state index in [0.717, 1.165) is 42.0 Å². The van der Waals surface area contributed by atoms with Crippen LogP contribution in [0.15, 0.2) is 66.7 Å². The molecule has 0 saturated carbocycles. The van der Waals surface area contributed by atoms with Gasteiger partial charge in [-0.2, -0.15) is 0 Å². The number of rotatable bonds is 9. The lowest BCUT2D eigenvalue weighted by molar-refractivity contribution is 0.0983. The Hall–Kier alpha value is -3.42. The molecule has 0 atom stereocenters. The van der Waals surface area contributed by atoms with E-state index in [9.17, 15) is 4.79 Å². The van der Waals surface area contributed by atoms with Crippen LogP contribution in [0.1, 0.15) is 35.3 Å². The van der Waals surface area contributed by atoms with Gasteiger partial charge in [-0.05, 0) is 42.8 Å². The van der Waals surface area contributed by atoms with Crippen LogP contribution in [0.25, 0.3) is 10.2 Å². The molecule has 7 heteroatoms. The summed E-state index contributed by atoms with van der Waals surface area (Å²) in [4.78, 5) is 22.6. The number of thiazole rings is 1. The lowest BCUT2D eigenvalue weighted by Gasteiger charge is -2.24. The van der Waals surface area contributed by atoms with E-state index in [2.05, 4.69) is 30.9 Å². The zero-order valence-corrected chi connectivity index (χ0v) is 20.9. The van der Waals surface area contributed by atoms with Gasteiger partial charge in [-0.15, -0.1) is 0 Å². The summed E-state index contributed by atoms with van der Waals surface area (Å²) in [6, 6.07) is 22.1. The molecule has 0 radical (unpaired) electrons. The first-order valence-corrected chi connectivity index (χ1v) is 12.8. The summed E-state index contributed by atoms with van der Waals surface area (Å²) >= 11 is 1.51. The molecule has 1 aromatic heterocycles. The fourth-order valence-corrected chi connectivity index (χ4v) is 5.24. The summed E-state index contributed by atoms with van der Waals surface area (Å²) in [6.07, 6.45) is 0.841. The van der Waals surface area contributed by atoms with Crippen LogP contribution in [0.5, 0.6) is 11.5 Å². The number of benzene rings is 3. The van der Waals surface area contributed by atoms with Crippen molar-refractivity contribution >= 4 is 32.6 Å². The van der Waals surface area contributed by atoms with Crippen molar-refractivity contribution in [2.45, 2.75) is 20.3 Å². The zero-order valence-electron chi connectivity index (χ0n) is 20.1. The van der Waals surface area contributed by atoms with Crippen LogP contribution < -0.4 is 14.4 Å². The molecule has 35 heavy (non-hydrogen) atoms. The number of hydrogen-bond acceptors (Lipinski definition) is 6. The van der Waals surface area contributed by atoms with Gasteiger partial charge in [0, 0.05) is 30.8 Å². The van der Waals surface area contributed by atoms with Crippen molar-refractivity contribution in [3.05, 3.63) is 83.4 Å². The highest BCUT2D eigenvalue weighted by Gasteiger charge is 2.24. The number of amides is 1. The normalized spacial score (nSPS) is 12.4. The molecule has 0 fully saturated rings. The van der Waals surface area contributed by atoms with E-state index < -0.39 is 0 Å². The Morgan fingerprint density at radius 1 is 0.914 bits per heavy atom. The Bertz CT molecular complexity index is 1260. The molecule has 0 spiro atoms. The standard InChI is InChI=1S/C28H29N3O3S/c1-3-30(4-2)14-15-31(28-29-23-17-24-25(34-19-33-24)18-26(23)35-28)27(32)22-12-10-21(11-13-22)16-20-8-6-5-7-9-20/h5-13,17-18H,3-4,14-16,19H2,1-2H3. The molecule has 0 bridgehead atoms. The second-order valence-electron chi connectivity index (χ2n) is 8.51. The van der Waals surface area contributed by atoms with Gasteiger partial charge in [0.2, 0.25) is 6.79 Å². The summed E-state index contributed by atoms with van der Waals surface area (Å²) in [5, 5.41) is 0.689. The third-order valence-electron chi connectivity index (χ3n) is 6.33. The Kier molecular flexibility index (Phi) is 6.97. The zero-order chi connectivity index (χ0) is 24.2. The number of fused-ring (bicyclic) bond motifs is 2. The maximum absolute atomic E-state index is 13.7. The Morgan fingerprint density at radius 3 is 2.31 bits per heavy atom. The number of hydrogen-bond donors (Lipinski definition) is 0. The van der Waals surface area contributed by atoms with E-state index in [1.807, 2.05) is 59.5 Å². The van der Waals surface area contributed by atoms with Crippen LogP contribution in [0.3, 0.4) is 0 Å². The lowest BCUT2D eigenvalue weighted by atomic mass is 10.0. The summed E-state index contributed by atoms with van der Waals surface area (Å²) in [5.74, 6) is 1.38. The van der Waals surface area contributed by atoms with E-state index in [-0.39, 0.29) is 12.7 Å². The summed E-state index contributed by atoms with van der Waals surface area (Å²) in [6.45, 7) is 7.74. The number of carbonyl (C=O) groups excluding carboxylic acids is 1. The molecule has 180 valence electrons. The molecule has 0 unspecified atom stereocenters. The van der Waals surface area contributed by atoms with E-state index in [4.69, 9.17) is 14.5 Å². The van der Waals surface area contributed by atoms with Gasteiger partial charge in [0.25, 0.3) is 5.91 Å². The molecule has 1 aliphatic rings. The Labute approximate surface area is 209 Å². The average Bonchev–Trinajstić information content (AvgIpc) is 3.52. The Balaban J connectivity index is 1.41. The number of aromatic nitrogens is 1. The van der Waals surface area contributed by atoms with Gasteiger partial charge in [0.15, 0.2) is 16.6 Å². The van der Waals surface area contributed by atoms with Gasteiger partial charge >= 0.3 is 0 Å². The number of likely N-dealkylation sites (N-methyl/N-ethyl adjacent to an activating group) is 1. The van der Waals surface area contributed by atoms with Crippen molar-refractivity contribution in [1.82, 2.24) is 9.88 Å². The molecule has 0 N–H and O–H groups in total. The van der Waals surface area contributed by atoms with Gasteiger partial charge in [0.1, 0.15) is 0 Å². The molecule has 6 nitrogen and oxygen atoms in total. The van der Waals surface area contributed by atoms with Crippen LogP contribution in [-0.4, -0.2) is 48.8 Å². The van der Waals surface area contributed by atoms with Gasteiger partial charge in [-0.25, -0.2) is 4.98 Å². The van der Waals surface area contributed by atoms with Crippen molar-refractivity contribution in [1.29, 1.82) is 0 Å². The van der Waals surface area contributed by atoms with Gasteiger partial charge < -0.3 is 14.4 Å². The van der Waals surface area contributed by atoms with Crippen molar-refractivity contribution < 1.29 is 14.3 Å². The highest BCUT2D eigenvalue weighted by atomic mass is 32.1. The molecule has 1 aliphatic heterocycles. The summed E-state index contributed by atoms with van der Waals surface area (Å²) in [7, 11) is 0. The minimum absolute atomic E-state index is 0.0393. The first-order valence-electron chi connectivity index (χ1n) is 12.0. The van der Waals surface area contributed by atoms with Gasteiger partial charge in [-0.3, -0.25) is 9.69 Å². The molecule has 0 aliphatic carbocycles. The molecule has 0 saturated heterocycles.